The molecule has 2 amide bonds. The first-order valence-corrected chi connectivity index (χ1v) is 10.2. The van der Waals surface area contributed by atoms with E-state index < -0.39 is 0 Å². The van der Waals surface area contributed by atoms with Crippen LogP contribution in [0.5, 0.6) is 0 Å². The van der Waals surface area contributed by atoms with Gasteiger partial charge in [-0.2, -0.15) is 5.10 Å². The van der Waals surface area contributed by atoms with Gasteiger partial charge >= 0.3 is 0 Å². The number of hydrogen-bond donors (Lipinski definition) is 1. The third-order valence-corrected chi connectivity index (χ3v) is 6.39. The van der Waals surface area contributed by atoms with Crippen LogP contribution in [0.15, 0.2) is 12.3 Å². The molecule has 7 heteroatoms. The maximum absolute atomic E-state index is 12.7. The van der Waals surface area contributed by atoms with Gasteiger partial charge in [0.25, 0.3) is 11.8 Å². The monoisotopic (exact) mass is 388 g/mol. The number of carbonyl (C=O) groups is 2. The molecule has 1 atom stereocenters. The van der Waals surface area contributed by atoms with E-state index in [4.69, 9.17) is 0 Å². The van der Waals surface area contributed by atoms with E-state index in [1.807, 2.05) is 38.8 Å². The van der Waals surface area contributed by atoms with Crippen LogP contribution in [0.25, 0.3) is 0 Å². The van der Waals surface area contributed by atoms with Gasteiger partial charge in [0.05, 0.1) is 16.8 Å². The molecule has 3 heterocycles. The lowest BCUT2D eigenvalue weighted by molar-refractivity contribution is 0.0663. The summed E-state index contributed by atoms with van der Waals surface area (Å²) < 4.78 is 1.68. The van der Waals surface area contributed by atoms with Crippen molar-refractivity contribution in [2.24, 2.45) is 13.0 Å². The minimum Gasteiger partial charge on any atom is -0.349 e. The van der Waals surface area contributed by atoms with Crippen molar-refractivity contribution in [2.75, 3.05) is 13.1 Å². The summed E-state index contributed by atoms with van der Waals surface area (Å²) in [5.74, 6) is 0.446. The first-order valence-electron chi connectivity index (χ1n) is 9.43. The van der Waals surface area contributed by atoms with Gasteiger partial charge in [-0.25, -0.2) is 0 Å². The normalized spacial score (nSPS) is 16.4. The number of likely N-dealkylation sites (tertiary alicyclic amines) is 1. The Morgan fingerprint density at radius 1 is 1.22 bits per heavy atom. The summed E-state index contributed by atoms with van der Waals surface area (Å²) in [7, 11) is 1.83. The van der Waals surface area contributed by atoms with Crippen LogP contribution in [0.4, 0.5) is 0 Å². The molecule has 0 unspecified atom stereocenters. The molecule has 2 aromatic rings. The van der Waals surface area contributed by atoms with Gasteiger partial charge in [-0.1, -0.05) is 0 Å². The third kappa shape index (κ3) is 4.24. The average Bonchev–Trinajstić information content (AvgIpc) is 3.14. The minimum atomic E-state index is 0.00819. The van der Waals surface area contributed by atoms with Crippen LogP contribution in [-0.2, 0) is 7.05 Å². The van der Waals surface area contributed by atoms with Crippen LogP contribution in [-0.4, -0.2) is 45.6 Å². The number of aryl methyl sites for hydroxylation is 4. The number of piperidine rings is 1. The Morgan fingerprint density at radius 3 is 2.41 bits per heavy atom. The van der Waals surface area contributed by atoms with Gasteiger partial charge in [0.2, 0.25) is 0 Å². The lowest BCUT2D eigenvalue weighted by Gasteiger charge is -2.35. The number of thiophene rings is 1. The van der Waals surface area contributed by atoms with Crippen molar-refractivity contribution in [3.05, 3.63) is 38.8 Å². The standard InChI is InChI=1S/C20H28N4O2S/c1-12-10-17(15(4)27-12)19(25)21-13(2)16-6-8-24(9-7-16)20(26)18-11-23(5)22-14(18)3/h10-11,13,16H,6-9H2,1-5H3,(H,21,25)/t13-/m1/s1. The summed E-state index contributed by atoms with van der Waals surface area (Å²) >= 11 is 1.65. The van der Waals surface area contributed by atoms with Crippen LogP contribution in [0.3, 0.4) is 0 Å². The number of nitrogens with zero attached hydrogens (tertiary/aromatic N) is 3. The molecule has 0 saturated carbocycles. The summed E-state index contributed by atoms with van der Waals surface area (Å²) in [6, 6.07) is 2.05. The van der Waals surface area contributed by atoms with Crippen molar-refractivity contribution in [2.45, 2.75) is 46.6 Å². The lowest BCUT2D eigenvalue weighted by Crippen LogP contribution is -2.45. The van der Waals surface area contributed by atoms with Crippen molar-refractivity contribution in [1.29, 1.82) is 0 Å². The summed E-state index contributed by atoms with van der Waals surface area (Å²) in [5.41, 5.74) is 2.23. The predicted molar refractivity (Wildman–Crippen MR) is 107 cm³/mol. The van der Waals surface area contributed by atoms with Gasteiger partial charge in [-0.3, -0.25) is 14.3 Å². The highest BCUT2D eigenvalue weighted by Gasteiger charge is 2.29. The Balaban J connectivity index is 1.55. The van der Waals surface area contributed by atoms with Gasteiger partial charge in [0.1, 0.15) is 0 Å². The molecule has 0 spiro atoms. The summed E-state index contributed by atoms with van der Waals surface area (Å²) in [6.07, 6.45) is 3.58. The number of amides is 2. The van der Waals surface area contributed by atoms with Gasteiger partial charge in [0, 0.05) is 42.1 Å². The van der Waals surface area contributed by atoms with Gasteiger partial charge in [-0.05, 0) is 52.5 Å². The molecule has 1 aliphatic rings. The SMILES string of the molecule is Cc1cc(C(=O)N[C@H](C)C2CCN(C(=O)c3cn(C)nc3C)CC2)c(C)s1. The topological polar surface area (TPSA) is 67.2 Å². The Kier molecular flexibility index (Phi) is 5.69. The van der Waals surface area contributed by atoms with Crippen LogP contribution >= 0.6 is 11.3 Å². The molecule has 3 rings (SSSR count). The van der Waals surface area contributed by atoms with E-state index >= 15 is 0 Å². The average molecular weight is 389 g/mol. The van der Waals surface area contributed by atoms with E-state index in [0.29, 0.717) is 24.6 Å². The Bertz CT molecular complexity index is 846. The number of hydrogen-bond acceptors (Lipinski definition) is 4. The highest BCUT2D eigenvalue weighted by molar-refractivity contribution is 7.12. The molecule has 6 nitrogen and oxygen atoms in total. The number of rotatable bonds is 4. The molecule has 1 saturated heterocycles. The molecule has 0 aromatic carbocycles. The second-order valence-corrected chi connectivity index (χ2v) is 8.98. The van der Waals surface area contributed by atoms with E-state index in [1.165, 1.54) is 0 Å². The zero-order chi connectivity index (χ0) is 19.7. The van der Waals surface area contributed by atoms with Gasteiger partial charge in [0.15, 0.2) is 0 Å². The molecular weight excluding hydrogens is 360 g/mol. The molecule has 1 aliphatic heterocycles. The molecule has 146 valence electrons. The van der Waals surface area contributed by atoms with Crippen LogP contribution in [0.2, 0.25) is 0 Å². The quantitative estimate of drug-likeness (QED) is 0.875. The maximum Gasteiger partial charge on any atom is 0.257 e. The molecular formula is C20H28N4O2S. The summed E-state index contributed by atoms with van der Waals surface area (Å²) in [4.78, 5) is 29.4. The smallest absolute Gasteiger partial charge is 0.257 e. The highest BCUT2D eigenvalue weighted by atomic mass is 32.1. The van der Waals surface area contributed by atoms with Crippen LogP contribution in [0, 0.1) is 26.7 Å². The summed E-state index contributed by atoms with van der Waals surface area (Å²) in [6.45, 7) is 9.38. The largest absolute Gasteiger partial charge is 0.349 e. The predicted octanol–water partition coefficient (Wildman–Crippen LogP) is 3.08. The Hall–Kier alpha value is -2.15. The van der Waals surface area contributed by atoms with Crippen molar-refractivity contribution in [3.63, 3.8) is 0 Å². The van der Waals surface area contributed by atoms with E-state index in [0.717, 1.165) is 33.9 Å². The van der Waals surface area contributed by atoms with E-state index in [2.05, 4.69) is 17.3 Å². The first-order chi connectivity index (χ1) is 12.8. The molecule has 1 fully saturated rings. The van der Waals surface area contributed by atoms with Gasteiger partial charge in [-0.15, -0.1) is 11.3 Å². The fourth-order valence-electron chi connectivity index (χ4n) is 3.84. The fourth-order valence-corrected chi connectivity index (χ4v) is 4.76. The van der Waals surface area contributed by atoms with Crippen LogP contribution < -0.4 is 5.32 Å². The highest BCUT2D eigenvalue weighted by Crippen LogP contribution is 2.24. The van der Waals surface area contributed by atoms with Crippen molar-refractivity contribution < 1.29 is 9.59 Å². The fraction of sp³-hybridized carbons (Fsp3) is 0.550. The van der Waals surface area contributed by atoms with Crippen molar-refractivity contribution in [3.8, 4) is 0 Å². The number of nitrogens with one attached hydrogen (secondary N) is 1. The van der Waals surface area contributed by atoms with Crippen molar-refractivity contribution >= 4 is 23.2 Å². The molecule has 0 aliphatic carbocycles. The first kappa shape index (κ1) is 19.6. The van der Waals surface area contributed by atoms with E-state index in [-0.39, 0.29) is 17.9 Å². The van der Waals surface area contributed by atoms with Crippen molar-refractivity contribution in [1.82, 2.24) is 20.0 Å². The molecule has 1 N–H and O–H groups in total. The van der Waals surface area contributed by atoms with E-state index in [1.54, 1.807) is 22.2 Å². The third-order valence-electron chi connectivity index (χ3n) is 5.42. The zero-order valence-corrected chi connectivity index (χ0v) is 17.5. The van der Waals surface area contributed by atoms with Gasteiger partial charge < -0.3 is 10.2 Å². The lowest BCUT2D eigenvalue weighted by atomic mass is 9.90. The number of carbonyl (C=O) groups excluding carboxylic acids is 2. The minimum absolute atomic E-state index is 0.00819. The maximum atomic E-state index is 12.7. The van der Waals surface area contributed by atoms with Crippen LogP contribution in [0.1, 0.15) is 55.9 Å². The molecule has 27 heavy (non-hydrogen) atoms. The molecule has 2 aromatic heterocycles. The Labute approximate surface area is 164 Å². The van der Waals surface area contributed by atoms with E-state index in [9.17, 15) is 9.59 Å². The molecule has 0 radical (unpaired) electrons. The Morgan fingerprint density at radius 2 is 1.89 bits per heavy atom. The number of aromatic nitrogens is 2. The molecule has 0 bridgehead atoms. The second-order valence-electron chi connectivity index (χ2n) is 7.52. The second kappa shape index (κ2) is 7.84. The zero-order valence-electron chi connectivity index (χ0n) is 16.7. The summed E-state index contributed by atoms with van der Waals surface area (Å²) in [5, 5.41) is 7.42.